The van der Waals surface area contributed by atoms with Gasteiger partial charge in [-0.15, -0.1) is 0 Å². The molecule has 0 spiro atoms. The topological polar surface area (TPSA) is 15.3 Å². The highest BCUT2D eigenvalue weighted by atomic mass is 15.1. The molecule has 0 bridgehead atoms. The van der Waals surface area contributed by atoms with Gasteiger partial charge in [0.25, 0.3) is 0 Å². The van der Waals surface area contributed by atoms with Gasteiger partial charge in [0.1, 0.15) is 0 Å². The number of aryl methyl sites for hydroxylation is 1. The molecule has 2 heteroatoms. The maximum Gasteiger partial charge on any atom is 0.0397 e. The van der Waals surface area contributed by atoms with Crippen LogP contribution in [-0.2, 0) is 12.8 Å². The fraction of sp³-hybridized carbons (Fsp3) is 0.400. The van der Waals surface area contributed by atoms with Crippen LogP contribution in [0.5, 0.6) is 0 Å². The molecular weight excluding hydrogens is 268 g/mol. The number of anilines is 1. The largest absolute Gasteiger partial charge is 0.374 e. The summed E-state index contributed by atoms with van der Waals surface area (Å²) in [6, 6.07) is 16.5. The molecule has 1 atom stereocenters. The molecular formula is C20H26N2. The fourth-order valence-electron chi connectivity index (χ4n) is 3.18. The Labute approximate surface area is 134 Å². The molecule has 0 amide bonds. The van der Waals surface area contributed by atoms with Crippen LogP contribution >= 0.6 is 0 Å². The molecule has 1 unspecified atom stereocenters. The first-order valence-corrected chi connectivity index (χ1v) is 8.28. The summed E-state index contributed by atoms with van der Waals surface area (Å²) in [7, 11) is 4.21. The van der Waals surface area contributed by atoms with Crippen molar-refractivity contribution in [3.8, 4) is 11.1 Å². The number of hydrogen-bond donors (Lipinski definition) is 1. The van der Waals surface area contributed by atoms with Crippen LogP contribution in [0.2, 0.25) is 0 Å². The van der Waals surface area contributed by atoms with E-state index in [1.165, 1.54) is 40.8 Å². The van der Waals surface area contributed by atoms with Gasteiger partial charge in [0, 0.05) is 25.3 Å². The second-order valence-corrected chi connectivity index (χ2v) is 6.44. The maximum absolute atomic E-state index is 3.31. The molecule has 22 heavy (non-hydrogen) atoms. The van der Waals surface area contributed by atoms with Crippen LogP contribution < -0.4 is 10.2 Å². The van der Waals surface area contributed by atoms with Crippen molar-refractivity contribution in [1.29, 1.82) is 0 Å². The van der Waals surface area contributed by atoms with Crippen molar-refractivity contribution in [2.75, 3.05) is 25.5 Å². The third-order valence-electron chi connectivity index (χ3n) is 4.83. The van der Waals surface area contributed by atoms with Gasteiger partial charge in [0.15, 0.2) is 0 Å². The fourth-order valence-corrected chi connectivity index (χ4v) is 3.18. The molecule has 2 aromatic rings. The average molecular weight is 294 g/mol. The van der Waals surface area contributed by atoms with Crippen LogP contribution in [0.25, 0.3) is 11.1 Å². The normalized spacial score (nSPS) is 15.0. The van der Waals surface area contributed by atoms with Crippen LogP contribution in [0.15, 0.2) is 42.5 Å². The van der Waals surface area contributed by atoms with Gasteiger partial charge in [-0.25, -0.2) is 0 Å². The highest BCUT2D eigenvalue weighted by Gasteiger charge is 2.15. The Hall–Kier alpha value is -1.80. The number of benzene rings is 2. The molecule has 0 fully saturated rings. The molecule has 0 saturated carbocycles. The smallest absolute Gasteiger partial charge is 0.0397 e. The Bertz CT molecular complexity index is 648. The van der Waals surface area contributed by atoms with E-state index in [0.29, 0.717) is 6.04 Å². The second-order valence-electron chi connectivity index (χ2n) is 6.44. The van der Waals surface area contributed by atoms with E-state index in [4.69, 9.17) is 0 Å². The van der Waals surface area contributed by atoms with Crippen LogP contribution in [0.1, 0.15) is 24.5 Å². The van der Waals surface area contributed by atoms with Gasteiger partial charge in [-0.1, -0.05) is 30.3 Å². The Morgan fingerprint density at radius 3 is 2.77 bits per heavy atom. The van der Waals surface area contributed by atoms with E-state index in [1.807, 2.05) is 7.05 Å². The van der Waals surface area contributed by atoms with Crippen LogP contribution in [0.4, 0.5) is 5.69 Å². The van der Waals surface area contributed by atoms with Crippen LogP contribution in [0.3, 0.4) is 0 Å². The maximum atomic E-state index is 3.31. The number of likely N-dealkylation sites (N-methyl/N-ethyl adjacent to an activating group) is 1. The lowest BCUT2D eigenvalue weighted by atomic mass is 9.98. The van der Waals surface area contributed by atoms with Crippen molar-refractivity contribution < 1.29 is 0 Å². The van der Waals surface area contributed by atoms with E-state index in [0.717, 1.165) is 13.0 Å². The zero-order valence-corrected chi connectivity index (χ0v) is 13.9. The van der Waals surface area contributed by atoms with Gasteiger partial charge in [-0.3, -0.25) is 0 Å². The number of nitrogens with zero attached hydrogens (tertiary/aromatic N) is 1. The van der Waals surface area contributed by atoms with Gasteiger partial charge >= 0.3 is 0 Å². The van der Waals surface area contributed by atoms with Gasteiger partial charge < -0.3 is 10.2 Å². The minimum absolute atomic E-state index is 0.569. The zero-order chi connectivity index (χ0) is 15.5. The molecule has 1 N–H and O–H groups in total. The number of rotatable bonds is 5. The molecule has 2 aromatic carbocycles. The summed E-state index contributed by atoms with van der Waals surface area (Å²) in [6.45, 7) is 3.38. The lowest BCUT2D eigenvalue weighted by Gasteiger charge is -2.13. The minimum Gasteiger partial charge on any atom is -0.374 e. The number of hydrogen-bond acceptors (Lipinski definition) is 2. The monoisotopic (exact) mass is 294 g/mol. The molecule has 3 rings (SSSR count). The molecule has 1 aliphatic heterocycles. The Balaban J connectivity index is 1.80. The zero-order valence-electron chi connectivity index (χ0n) is 13.9. The summed E-state index contributed by atoms with van der Waals surface area (Å²) in [6.07, 6.45) is 3.47. The molecule has 116 valence electrons. The molecule has 0 aliphatic carbocycles. The predicted molar refractivity (Wildman–Crippen MR) is 95.7 cm³/mol. The van der Waals surface area contributed by atoms with Gasteiger partial charge in [-0.05, 0) is 67.6 Å². The highest BCUT2D eigenvalue weighted by Crippen LogP contribution is 2.31. The minimum atomic E-state index is 0.569. The second kappa shape index (κ2) is 6.53. The third-order valence-corrected chi connectivity index (χ3v) is 4.83. The van der Waals surface area contributed by atoms with E-state index in [2.05, 4.69) is 66.7 Å². The first-order chi connectivity index (χ1) is 10.7. The summed E-state index contributed by atoms with van der Waals surface area (Å²) in [5, 5.41) is 3.31. The van der Waals surface area contributed by atoms with E-state index in [9.17, 15) is 0 Å². The summed E-state index contributed by atoms with van der Waals surface area (Å²) in [5.41, 5.74) is 6.98. The van der Waals surface area contributed by atoms with E-state index in [1.54, 1.807) is 0 Å². The summed E-state index contributed by atoms with van der Waals surface area (Å²) in [4.78, 5) is 2.34. The van der Waals surface area contributed by atoms with E-state index in [-0.39, 0.29) is 0 Å². The van der Waals surface area contributed by atoms with Crippen LogP contribution in [-0.4, -0.2) is 26.7 Å². The highest BCUT2D eigenvalue weighted by molar-refractivity contribution is 5.70. The number of fused-ring (bicyclic) bond motifs is 1. The van der Waals surface area contributed by atoms with Gasteiger partial charge in [0.2, 0.25) is 0 Å². The SMILES string of the molecule is CNC(C)CCc1cccc(-c2ccc3c(c2)CCN3C)c1. The number of nitrogens with one attached hydrogen (secondary N) is 1. The van der Waals surface area contributed by atoms with Crippen molar-refractivity contribution >= 4 is 5.69 Å². The summed E-state index contributed by atoms with van der Waals surface area (Å²) >= 11 is 0. The van der Waals surface area contributed by atoms with Gasteiger partial charge in [-0.2, -0.15) is 0 Å². The van der Waals surface area contributed by atoms with Crippen molar-refractivity contribution in [2.24, 2.45) is 0 Å². The van der Waals surface area contributed by atoms with Crippen molar-refractivity contribution in [2.45, 2.75) is 32.2 Å². The summed E-state index contributed by atoms with van der Waals surface area (Å²) in [5.74, 6) is 0. The van der Waals surface area contributed by atoms with Crippen molar-refractivity contribution in [3.05, 3.63) is 53.6 Å². The van der Waals surface area contributed by atoms with E-state index >= 15 is 0 Å². The third kappa shape index (κ3) is 3.17. The molecule has 2 nitrogen and oxygen atoms in total. The Morgan fingerprint density at radius 1 is 1.14 bits per heavy atom. The van der Waals surface area contributed by atoms with Crippen molar-refractivity contribution in [3.63, 3.8) is 0 Å². The molecule has 0 radical (unpaired) electrons. The van der Waals surface area contributed by atoms with Crippen molar-refractivity contribution in [1.82, 2.24) is 5.32 Å². The standard InChI is InChI=1S/C20H26N2/c1-15(21-2)7-8-16-5-4-6-17(13-16)18-9-10-20-19(14-18)11-12-22(20)3/h4-6,9-10,13-15,21H,7-8,11-12H2,1-3H3. The molecule has 0 aromatic heterocycles. The van der Waals surface area contributed by atoms with Crippen LogP contribution in [0, 0.1) is 0 Å². The lowest BCUT2D eigenvalue weighted by Crippen LogP contribution is -2.21. The van der Waals surface area contributed by atoms with Gasteiger partial charge in [0.05, 0.1) is 0 Å². The lowest BCUT2D eigenvalue weighted by molar-refractivity contribution is 0.565. The first-order valence-electron chi connectivity index (χ1n) is 8.28. The average Bonchev–Trinajstić information content (AvgIpc) is 2.93. The quantitative estimate of drug-likeness (QED) is 0.900. The van der Waals surface area contributed by atoms with E-state index < -0.39 is 0 Å². The Kier molecular flexibility index (Phi) is 4.49. The molecule has 0 saturated heterocycles. The Morgan fingerprint density at radius 2 is 1.95 bits per heavy atom. The first kappa shape index (κ1) is 15.1. The predicted octanol–water partition coefficient (Wildman–Crippen LogP) is 3.89. The summed E-state index contributed by atoms with van der Waals surface area (Å²) < 4.78 is 0. The molecule has 1 aliphatic rings. The molecule has 1 heterocycles.